The fraction of sp³-hybridized carbons (Fsp3) is 0.667. The Balaban J connectivity index is 2.02. The van der Waals surface area contributed by atoms with Gasteiger partial charge in [0, 0.05) is 16.7 Å². The van der Waals surface area contributed by atoms with Crippen LogP contribution < -0.4 is 0 Å². The second-order valence-electron chi connectivity index (χ2n) is 8.50. The molecule has 0 unspecified atom stereocenters. The number of benzene rings is 1. The van der Waals surface area contributed by atoms with Gasteiger partial charge in [-0.05, 0) is 30.5 Å². The molecule has 0 aliphatic carbocycles. The van der Waals surface area contributed by atoms with E-state index in [0.717, 1.165) is 12.5 Å². The number of carbonyl (C=O) groups is 1. The van der Waals surface area contributed by atoms with Crippen molar-refractivity contribution in [2.75, 3.05) is 0 Å². The number of hydrogen-bond acceptors (Lipinski definition) is 10. The smallest absolute Gasteiger partial charge is 0.303 e. The SMILES string of the molecule is CC(=O)O[C@H]1[C@@H](OCc2ccccc2)[C@H](N=[N+]=[N-])[C@@H](C)O[C@@]1(O)[C@H]1O[C@H](C)[C@@H](N=[N+]=[N-])[C@H](O)[C@@H]1O. The van der Waals surface area contributed by atoms with Crippen molar-refractivity contribution in [2.24, 2.45) is 10.2 Å². The number of ether oxygens (including phenoxy) is 4. The highest BCUT2D eigenvalue weighted by Gasteiger charge is 2.64. The summed E-state index contributed by atoms with van der Waals surface area (Å²) >= 11 is 0. The Kier molecular flexibility index (Phi) is 8.54. The number of aliphatic hydroxyl groups excluding tert-OH is 2. The van der Waals surface area contributed by atoms with Crippen LogP contribution in [0.2, 0.25) is 0 Å². The van der Waals surface area contributed by atoms with Crippen molar-refractivity contribution in [2.45, 2.75) is 88.0 Å². The Morgan fingerprint density at radius 3 is 2.31 bits per heavy atom. The normalized spacial score (nSPS) is 39.1. The number of rotatable bonds is 7. The zero-order chi connectivity index (χ0) is 25.8. The highest BCUT2D eigenvalue weighted by atomic mass is 16.7. The van der Waals surface area contributed by atoms with Crippen molar-refractivity contribution in [1.29, 1.82) is 0 Å². The monoisotopic (exact) mass is 492 g/mol. The van der Waals surface area contributed by atoms with Gasteiger partial charge in [-0.15, -0.1) is 0 Å². The number of esters is 1. The quantitative estimate of drug-likeness (QED) is 0.219. The summed E-state index contributed by atoms with van der Waals surface area (Å²) in [5, 5.41) is 40.3. The van der Waals surface area contributed by atoms with Crippen LogP contribution in [0, 0.1) is 0 Å². The van der Waals surface area contributed by atoms with Gasteiger partial charge in [0.2, 0.25) is 5.79 Å². The van der Waals surface area contributed by atoms with Crippen LogP contribution in [0.15, 0.2) is 40.6 Å². The molecule has 3 rings (SSSR count). The number of nitrogens with zero attached hydrogens (tertiary/aromatic N) is 6. The van der Waals surface area contributed by atoms with E-state index >= 15 is 0 Å². The van der Waals surface area contributed by atoms with E-state index in [9.17, 15) is 20.1 Å². The number of aliphatic hydroxyl groups is 3. The molecule has 0 radical (unpaired) electrons. The van der Waals surface area contributed by atoms with Crippen LogP contribution in [-0.4, -0.2) is 81.9 Å². The Labute approximate surface area is 200 Å². The lowest BCUT2D eigenvalue weighted by Crippen LogP contribution is -2.74. The molecule has 1 aromatic rings. The third-order valence-electron chi connectivity index (χ3n) is 6.11. The van der Waals surface area contributed by atoms with Gasteiger partial charge in [-0.1, -0.05) is 40.6 Å². The van der Waals surface area contributed by atoms with Crippen molar-refractivity contribution < 1.29 is 39.1 Å². The first-order valence-corrected chi connectivity index (χ1v) is 11.0. The summed E-state index contributed by atoms with van der Waals surface area (Å²) in [6, 6.07) is 6.81. The van der Waals surface area contributed by atoms with Crippen LogP contribution in [0.4, 0.5) is 0 Å². The molecule has 35 heavy (non-hydrogen) atoms. The van der Waals surface area contributed by atoms with E-state index in [1.807, 2.05) is 6.07 Å². The first-order chi connectivity index (χ1) is 16.6. The summed E-state index contributed by atoms with van der Waals surface area (Å²) in [6.07, 6.45) is -9.87. The molecule has 0 bridgehead atoms. The van der Waals surface area contributed by atoms with Crippen LogP contribution in [0.1, 0.15) is 26.3 Å². The van der Waals surface area contributed by atoms with E-state index in [1.165, 1.54) is 13.8 Å². The minimum absolute atomic E-state index is 0.00951. The van der Waals surface area contributed by atoms with E-state index in [1.54, 1.807) is 24.3 Å². The third-order valence-corrected chi connectivity index (χ3v) is 6.11. The van der Waals surface area contributed by atoms with E-state index in [-0.39, 0.29) is 6.61 Å². The van der Waals surface area contributed by atoms with Crippen molar-refractivity contribution in [3.8, 4) is 0 Å². The summed E-state index contributed by atoms with van der Waals surface area (Å²) in [5.41, 5.74) is 18.6. The maximum atomic E-state index is 12.0. The van der Waals surface area contributed by atoms with Gasteiger partial charge in [-0.25, -0.2) is 0 Å². The van der Waals surface area contributed by atoms with Gasteiger partial charge in [-0.3, -0.25) is 4.79 Å². The second kappa shape index (κ2) is 11.2. The molecule has 3 N–H and O–H groups in total. The predicted molar refractivity (Wildman–Crippen MR) is 118 cm³/mol. The van der Waals surface area contributed by atoms with Gasteiger partial charge in [-0.2, -0.15) is 0 Å². The molecule has 0 saturated carbocycles. The van der Waals surface area contributed by atoms with Gasteiger partial charge in [0.15, 0.2) is 6.10 Å². The zero-order valence-corrected chi connectivity index (χ0v) is 19.4. The summed E-state index contributed by atoms with van der Waals surface area (Å²) < 4.78 is 22.9. The van der Waals surface area contributed by atoms with Gasteiger partial charge in [0.1, 0.15) is 18.3 Å². The first kappa shape index (κ1) is 26.7. The summed E-state index contributed by atoms with van der Waals surface area (Å²) in [5.74, 6) is -3.35. The molecule has 2 saturated heterocycles. The maximum absolute atomic E-state index is 12.0. The third kappa shape index (κ3) is 5.50. The first-order valence-electron chi connectivity index (χ1n) is 11.0. The highest BCUT2D eigenvalue weighted by molar-refractivity contribution is 5.66. The molecule has 0 spiro atoms. The van der Waals surface area contributed by atoms with Crippen molar-refractivity contribution in [1.82, 2.24) is 0 Å². The topological polar surface area (TPSA) is 212 Å². The molecule has 0 amide bonds. The Morgan fingerprint density at radius 1 is 1.09 bits per heavy atom. The van der Waals surface area contributed by atoms with Gasteiger partial charge < -0.3 is 34.3 Å². The van der Waals surface area contributed by atoms with Crippen LogP contribution in [-0.2, 0) is 30.3 Å². The largest absolute Gasteiger partial charge is 0.454 e. The number of carbonyl (C=O) groups excluding carboxylic acids is 1. The molecule has 10 atom stereocenters. The van der Waals surface area contributed by atoms with Gasteiger partial charge >= 0.3 is 5.97 Å². The van der Waals surface area contributed by atoms with Gasteiger partial charge in [0.05, 0.1) is 37.0 Å². The predicted octanol–water partition coefficient (Wildman–Crippen LogP) is 1.48. The Morgan fingerprint density at radius 2 is 1.71 bits per heavy atom. The Bertz CT molecular complexity index is 987. The molecule has 2 fully saturated rings. The summed E-state index contributed by atoms with van der Waals surface area (Å²) in [6.45, 7) is 4.09. The standard InChI is InChI=1S/C21H28N6O8/c1-10-14(24-26-22)16(29)17(30)19(33-10)21(31)20(34-12(3)28)18(15(25-27-23)11(2)35-21)32-9-13-7-5-4-6-8-13/h4-8,10-11,14-20,29-31H,9H2,1-3H3/t10-,11-,14-,15-,16+,17+,18+,19+,20+,21+/m1/s1. The molecule has 14 nitrogen and oxygen atoms in total. The lowest BCUT2D eigenvalue weighted by Gasteiger charge is -2.54. The fourth-order valence-corrected chi connectivity index (χ4v) is 4.46. The van der Waals surface area contributed by atoms with E-state index in [2.05, 4.69) is 20.1 Å². The molecule has 2 heterocycles. The van der Waals surface area contributed by atoms with Gasteiger partial charge in [0.25, 0.3) is 0 Å². The highest BCUT2D eigenvalue weighted by Crippen LogP contribution is 2.41. The van der Waals surface area contributed by atoms with Crippen molar-refractivity contribution >= 4 is 5.97 Å². The molecule has 0 aromatic heterocycles. The molecular formula is C21H28N6O8. The molecular weight excluding hydrogens is 464 g/mol. The summed E-state index contributed by atoms with van der Waals surface area (Å²) in [4.78, 5) is 17.5. The Hall–Kier alpha value is -2.93. The molecule has 14 heteroatoms. The van der Waals surface area contributed by atoms with E-state index < -0.39 is 66.6 Å². The van der Waals surface area contributed by atoms with Crippen LogP contribution >= 0.6 is 0 Å². The van der Waals surface area contributed by atoms with Crippen LogP contribution in [0.3, 0.4) is 0 Å². The molecule has 190 valence electrons. The van der Waals surface area contributed by atoms with Crippen LogP contribution in [0.25, 0.3) is 20.9 Å². The molecule has 1 aromatic carbocycles. The molecule has 2 aliphatic rings. The molecule has 2 aliphatic heterocycles. The van der Waals surface area contributed by atoms with E-state index in [4.69, 9.17) is 30.0 Å². The van der Waals surface area contributed by atoms with Crippen LogP contribution in [0.5, 0.6) is 0 Å². The maximum Gasteiger partial charge on any atom is 0.303 e. The lowest BCUT2D eigenvalue weighted by atomic mass is 9.82. The zero-order valence-electron chi connectivity index (χ0n) is 19.4. The minimum atomic E-state index is -2.54. The number of hydrogen-bond donors (Lipinski definition) is 3. The lowest BCUT2D eigenvalue weighted by molar-refractivity contribution is -0.388. The number of azide groups is 2. The average molecular weight is 492 g/mol. The van der Waals surface area contributed by atoms with Crippen molar-refractivity contribution in [3.63, 3.8) is 0 Å². The second-order valence-corrected chi connectivity index (χ2v) is 8.50. The van der Waals surface area contributed by atoms with E-state index in [0.29, 0.717) is 0 Å². The average Bonchev–Trinajstić information content (AvgIpc) is 2.82. The minimum Gasteiger partial charge on any atom is -0.454 e. The summed E-state index contributed by atoms with van der Waals surface area (Å²) in [7, 11) is 0. The van der Waals surface area contributed by atoms with Crippen molar-refractivity contribution in [3.05, 3.63) is 56.8 Å². The fourth-order valence-electron chi connectivity index (χ4n) is 4.46.